The molecule has 0 bridgehead atoms. The first-order valence-corrected chi connectivity index (χ1v) is 44.9. The lowest BCUT2D eigenvalue weighted by molar-refractivity contribution is 0.103. The van der Waals surface area contributed by atoms with E-state index in [2.05, 4.69) is 449 Å². The number of fused-ring (bicyclic) bond motifs is 24. The van der Waals surface area contributed by atoms with Crippen molar-refractivity contribution < 1.29 is 9.59 Å². The van der Waals surface area contributed by atoms with Gasteiger partial charge in [0.15, 0.2) is 11.6 Å². The average Bonchev–Trinajstić information content (AvgIpc) is 1.58. The van der Waals surface area contributed by atoms with Crippen molar-refractivity contribution in [2.45, 2.75) is 0 Å². The molecule has 10 heteroatoms. The van der Waals surface area contributed by atoms with Gasteiger partial charge in [-0.1, -0.05) is 218 Å². The minimum absolute atomic E-state index is 0.0100. The lowest BCUT2D eigenvalue weighted by Gasteiger charge is -2.12. The topological polar surface area (TPSA) is 73.6 Å². The van der Waals surface area contributed by atoms with Gasteiger partial charge in [-0.3, -0.25) is 9.59 Å². The number of hydrogen-bond donors (Lipinski definition) is 0. The number of rotatable bonds is 12. The number of aromatic nitrogens is 8. The van der Waals surface area contributed by atoms with Crippen molar-refractivity contribution >= 4 is 186 Å². The quantitative estimate of drug-likeness (QED) is 0.114. The van der Waals surface area contributed by atoms with Crippen molar-refractivity contribution in [2.75, 3.05) is 0 Å². The van der Waals surface area contributed by atoms with Crippen LogP contribution in [0.2, 0.25) is 0 Å². The van der Waals surface area contributed by atoms with E-state index in [1.807, 2.05) is 48.5 Å². The fourth-order valence-electron chi connectivity index (χ4n) is 21.7. The van der Waals surface area contributed by atoms with Gasteiger partial charge in [-0.25, -0.2) is 0 Å². The minimum atomic E-state index is -0.0100. The Morgan fingerprint density at radius 1 is 0.114 bits per heavy atom. The molecule has 0 spiro atoms. The van der Waals surface area contributed by atoms with E-state index in [9.17, 15) is 9.59 Å². The fraction of sp³-hybridized carbons (Fsp3) is 0. The Morgan fingerprint density at radius 3 is 0.379 bits per heavy atom. The number of hydrogen-bond acceptors (Lipinski definition) is 2. The Bertz CT molecular complexity index is 8370. The van der Waals surface area contributed by atoms with E-state index in [0.29, 0.717) is 22.3 Å². The van der Waals surface area contributed by atoms with Crippen molar-refractivity contribution in [3.63, 3.8) is 0 Å². The van der Waals surface area contributed by atoms with Crippen LogP contribution in [0.4, 0.5) is 0 Å². The number of ketones is 2. The van der Waals surface area contributed by atoms with Crippen molar-refractivity contribution in [2.24, 2.45) is 0 Å². The zero-order valence-corrected chi connectivity index (χ0v) is 71.3. The van der Waals surface area contributed by atoms with Gasteiger partial charge in [0.05, 0.1) is 88.3 Å². The highest BCUT2D eigenvalue weighted by molar-refractivity contribution is 6.19. The molecule has 0 atom stereocenters. The monoisotopic (exact) mass is 1680 g/mol. The predicted molar refractivity (Wildman–Crippen MR) is 547 cm³/mol. The molecule has 8 heterocycles. The molecular weight excluding hydrogens is 1610 g/mol. The second kappa shape index (κ2) is 29.4. The molecule has 0 aliphatic heterocycles. The van der Waals surface area contributed by atoms with Crippen molar-refractivity contribution in [1.82, 2.24) is 36.5 Å². The summed E-state index contributed by atoms with van der Waals surface area (Å²) >= 11 is 0. The molecule has 20 aromatic carbocycles. The van der Waals surface area contributed by atoms with Crippen molar-refractivity contribution in [3.8, 4) is 45.5 Å². The molecule has 616 valence electrons. The summed E-state index contributed by atoms with van der Waals surface area (Å²) in [6, 6.07) is 163. The molecule has 28 aromatic rings. The maximum absolute atomic E-state index is 14.1. The van der Waals surface area contributed by atoms with Gasteiger partial charge >= 0.3 is 0 Å². The van der Waals surface area contributed by atoms with E-state index in [4.69, 9.17) is 0 Å². The number of carbonyl (C=O) groups excluding carboxylic acids is 2. The molecule has 0 fully saturated rings. The Labute approximate surface area is 755 Å². The third kappa shape index (κ3) is 11.3. The normalized spacial score (nSPS) is 12.0. The molecule has 0 unspecified atom stereocenters. The summed E-state index contributed by atoms with van der Waals surface area (Å²) in [6.07, 6.45) is 0. The molecule has 28 rings (SSSR count). The number of carbonyl (C=O) groups is 2. The van der Waals surface area contributed by atoms with Crippen LogP contribution in [-0.2, 0) is 0 Å². The van der Waals surface area contributed by atoms with Crippen molar-refractivity contribution in [1.29, 1.82) is 0 Å². The van der Waals surface area contributed by atoms with E-state index in [-0.39, 0.29) is 11.6 Å². The lowest BCUT2D eigenvalue weighted by Crippen LogP contribution is -2.03. The molecule has 0 radical (unpaired) electrons. The lowest BCUT2D eigenvalue weighted by atomic mass is 10.0. The molecule has 0 saturated carbocycles. The highest BCUT2D eigenvalue weighted by Gasteiger charge is 2.25. The number of benzene rings is 20. The van der Waals surface area contributed by atoms with E-state index >= 15 is 0 Å². The smallest absolute Gasteiger partial charge is 0.193 e. The fourth-order valence-corrected chi connectivity index (χ4v) is 21.7. The first kappa shape index (κ1) is 74.4. The zero-order valence-electron chi connectivity index (χ0n) is 71.3. The Morgan fingerprint density at radius 2 is 0.227 bits per heavy atom. The molecule has 0 aliphatic rings. The first-order chi connectivity index (χ1) is 65.3. The van der Waals surface area contributed by atoms with E-state index in [1.54, 1.807) is 0 Å². The first-order valence-electron chi connectivity index (χ1n) is 44.9. The third-order valence-corrected chi connectivity index (χ3v) is 27.5. The van der Waals surface area contributed by atoms with E-state index in [0.717, 1.165) is 89.6 Å². The molecule has 0 aliphatic carbocycles. The Balaban J connectivity index is 0.000000135. The molecule has 10 nitrogen and oxygen atoms in total. The van der Waals surface area contributed by atoms with Crippen LogP contribution in [0.25, 0.3) is 220 Å². The summed E-state index contributed by atoms with van der Waals surface area (Å²) in [6.45, 7) is 0. The van der Waals surface area contributed by atoms with Crippen LogP contribution < -0.4 is 0 Å². The molecule has 0 saturated heterocycles. The van der Waals surface area contributed by atoms with E-state index in [1.165, 1.54) is 130 Å². The summed E-state index contributed by atoms with van der Waals surface area (Å²) in [5.41, 5.74) is 29.6. The standard InChI is InChI=1S/2C61H38N4O/c2*66-61(39-25-29-41(30-26-39)62-57-23-11-5-17-49(57)51-37-43(33-35-59(51)62)64-53-19-7-1-13-45(53)46-14-2-8-20-54(46)64)40-27-31-42(32-28-40)63-58-24-12-6-18-50(58)52-38-44(34-36-60(52)63)65-55-21-9-3-15-47(55)48-16-4-10-22-56(48)65/h2*1-38H. The van der Waals surface area contributed by atoms with Crippen LogP contribution in [0.15, 0.2) is 461 Å². The van der Waals surface area contributed by atoms with Crippen molar-refractivity contribution in [3.05, 3.63) is 483 Å². The Hall–Kier alpha value is -17.9. The van der Waals surface area contributed by atoms with Crippen LogP contribution >= 0.6 is 0 Å². The summed E-state index contributed by atoms with van der Waals surface area (Å²) in [5, 5.41) is 19.4. The van der Waals surface area contributed by atoms with Gasteiger partial charge in [0.2, 0.25) is 0 Å². The van der Waals surface area contributed by atoms with Gasteiger partial charge in [0.25, 0.3) is 0 Å². The van der Waals surface area contributed by atoms with Gasteiger partial charge < -0.3 is 36.5 Å². The molecule has 132 heavy (non-hydrogen) atoms. The molecular formula is C122H76N8O2. The number of para-hydroxylation sites is 12. The second-order valence-corrected chi connectivity index (χ2v) is 34.5. The summed E-state index contributed by atoms with van der Waals surface area (Å²) < 4.78 is 18.7. The summed E-state index contributed by atoms with van der Waals surface area (Å²) in [5.74, 6) is -0.0200. The van der Waals surface area contributed by atoms with Crippen LogP contribution in [0.3, 0.4) is 0 Å². The highest BCUT2D eigenvalue weighted by atomic mass is 16.1. The van der Waals surface area contributed by atoms with Crippen LogP contribution in [-0.4, -0.2) is 48.1 Å². The summed E-state index contributed by atoms with van der Waals surface area (Å²) in [7, 11) is 0. The highest BCUT2D eigenvalue weighted by Crippen LogP contribution is 2.45. The predicted octanol–water partition coefficient (Wildman–Crippen LogP) is 30.6. The maximum atomic E-state index is 14.1. The second-order valence-electron chi connectivity index (χ2n) is 34.5. The Kier molecular flexibility index (Phi) is 16.5. The van der Waals surface area contributed by atoms with Gasteiger partial charge in [-0.2, -0.15) is 0 Å². The average molecular weight is 1690 g/mol. The SMILES string of the molecule is O=C(c1ccc(-n2c3ccccc3c3cc(-n4c5ccccc5c5ccccc54)ccc32)cc1)c1ccc(-n2c3ccccc3c3cc(-n4c5ccccc5c5ccccc54)ccc32)cc1.O=C(c1ccc(-n2c3ccccc3c3cc(-n4c5ccccc5c5ccccc54)ccc32)cc1)c1ccc(-n2c3ccccc3c3cc(-n4c5ccccc5c5ccccc54)ccc32)cc1. The largest absolute Gasteiger partial charge is 0.309 e. The van der Waals surface area contributed by atoms with E-state index < -0.39 is 0 Å². The minimum Gasteiger partial charge on any atom is -0.309 e. The van der Waals surface area contributed by atoms with Gasteiger partial charge in [-0.05, 0) is 243 Å². The van der Waals surface area contributed by atoms with Gasteiger partial charge in [0.1, 0.15) is 0 Å². The number of nitrogens with zero attached hydrogens (tertiary/aromatic N) is 8. The molecule has 0 amide bonds. The summed E-state index contributed by atoms with van der Waals surface area (Å²) in [4.78, 5) is 28.3. The van der Waals surface area contributed by atoms with Crippen LogP contribution in [0.1, 0.15) is 31.8 Å². The third-order valence-electron chi connectivity index (χ3n) is 27.5. The van der Waals surface area contributed by atoms with Crippen LogP contribution in [0.5, 0.6) is 0 Å². The van der Waals surface area contributed by atoms with Gasteiger partial charge in [-0.15, -0.1) is 0 Å². The molecule has 0 N–H and O–H groups in total. The van der Waals surface area contributed by atoms with Crippen LogP contribution in [0, 0.1) is 0 Å². The maximum Gasteiger partial charge on any atom is 0.193 e. The van der Waals surface area contributed by atoms with Gasteiger partial charge in [0, 0.05) is 154 Å². The molecule has 8 aromatic heterocycles. The zero-order chi connectivity index (χ0) is 86.9.